The molecule has 1 heterocycles. The second kappa shape index (κ2) is 6.55. The Bertz CT molecular complexity index is 650. The SMILES string of the molecule is Cc1nnc(NC(=O)NC[C@@H](O)c2ccc(F)c(F)c2)s1. The average Bonchev–Trinajstić information content (AvgIpc) is 2.84. The van der Waals surface area contributed by atoms with Crippen molar-refractivity contribution in [3.63, 3.8) is 0 Å². The number of aryl methyl sites for hydroxylation is 1. The molecule has 0 aliphatic carbocycles. The molecule has 3 N–H and O–H groups in total. The van der Waals surface area contributed by atoms with Gasteiger partial charge in [-0.1, -0.05) is 17.4 Å². The van der Waals surface area contributed by atoms with Crippen LogP contribution in [-0.2, 0) is 0 Å². The van der Waals surface area contributed by atoms with E-state index in [4.69, 9.17) is 0 Å². The summed E-state index contributed by atoms with van der Waals surface area (Å²) in [5.74, 6) is -2.05. The number of carbonyl (C=O) groups excluding carboxylic acids is 1. The number of carbonyl (C=O) groups is 1. The van der Waals surface area contributed by atoms with Gasteiger partial charge in [-0.15, -0.1) is 10.2 Å². The number of rotatable bonds is 4. The zero-order chi connectivity index (χ0) is 15.4. The summed E-state index contributed by atoms with van der Waals surface area (Å²) in [4.78, 5) is 11.6. The smallest absolute Gasteiger partial charge is 0.321 e. The van der Waals surface area contributed by atoms with Crippen molar-refractivity contribution in [3.05, 3.63) is 40.4 Å². The quantitative estimate of drug-likeness (QED) is 0.805. The summed E-state index contributed by atoms with van der Waals surface area (Å²) in [5.41, 5.74) is 0.168. The minimum atomic E-state index is -1.15. The molecule has 0 aliphatic heterocycles. The van der Waals surface area contributed by atoms with Gasteiger partial charge in [0.05, 0.1) is 6.10 Å². The van der Waals surface area contributed by atoms with Crippen LogP contribution in [0.15, 0.2) is 18.2 Å². The highest BCUT2D eigenvalue weighted by molar-refractivity contribution is 7.15. The first-order valence-corrected chi connectivity index (χ1v) is 6.75. The number of anilines is 1. The van der Waals surface area contributed by atoms with Crippen molar-refractivity contribution in [2.45, 2.75) is 13.0 Å². The second-order valence-corrected chi connectivity index (χ2v) is 5.33. The monoisotopic (exact) mass is 314 g/mol. The molecule has 6 nitrogen and oxygen atoms in total. The van der Waals surface area contributed by atoms with Crippen molar-refractivity contribution in [3.8, 4) is 0 Å². The van der Waals surface area contributed by atoms with E-state index < -0.39 is 23.8 Å². The lowest BCUT2D eigenvalue weighted by Crippen LogP contribution is -2.32. The molecule has 1 aromatic carbocycles. The molecule has 0 saturated carbocycles. The molecule has 0 unspecified atom stereocenters. The summed E-state index contributed by atoms with van der Waals surface area (Å²) >= 11 is 1.20. The number of aliphatic hydroxyl groups excluding tert-OH is 1. The largest absolute Gasteiger partial charge is 0.387 e. The molecule has 0 fully saturated rings. The molecule has 0 radical (unpaired) electrons. The second-order valence-electron chi connectivity index (χ2n) is 4.15. The maximum absolute atomic E-state index is 13.0. The van der Waals surface area contributed by atoms with Crippen LogP contribution in [-0.4, -0.2) is 27.9 Å². The van der Waals surface area contributed by atoms with Gasteiger partial charge in [0.2, 0.25) is 5.13 Å². The fourth-order valence-electron chi connectivity index (χ4n) is 1.52. The number of amides is 2. The van der Waals surface area contributed by atoms with Crippen molar-refractivity contribution < 1.29 is 18.7 Å². The van der Waals surface area contributed by atoms with E-state index in [0.717, 1.165) is 12.1 Å². The minimum absolute atomic E-state index is 0.158. The predicted molar refractivity (Wildman–Crippen MR) is 73.0 cm³/mol. The topological polar surface area (TPSA) is 87.1 Å². The number of aliphatic hydroxyl groups is 1. The third-order valence-corrected chi connectivity index (χ3v) is 3.29. The van der Waals surface area contributed by atoms with E-state index in [1.54, 1.807) is 6.92 Å². The predicted octanol–water partition coefficient (Wildman–Crippen LogP) is 1.98. The van der Waals surface area contributed by atoms with Crippen LogP contribution in [0.1, 0.15) is 16.7 Å². The van der Waals surface area contributed by atoms with E-state index in [-0.39, 0.29) is 12.1 Å². The zero-order valence-electron chi connectivity index (χ0n) is 10.9. The third kappa shape index (κ3) is 4.17. The normalized spacial score (nSPS) is 12.0. The van der Waals surface area contributed by atoms with E-state index in [2.05, 4.69) is 20.8 Å². The Kier molecular flexibility index (Phi) is 4.76. The summed E-state index contributed by atoms with van der Waals surface area (Å²) in [6.45, 7) is 1.59. The van der Waals surface area contributed by atoms with Crippen molar-refractivity contribution >= 4 is 22.5 Å². The molecule has 0 aliphatic rings. The Balaban J connectivity index is 1.86. The fraction of sp³-hybridized carbons (Fsp3) is 0.250. The van der Waals surface area contributed by atoms with Crippen LogP contribution in [0.25, 0.3) is 0 Å². The minimum Gasteiger partial charge on any atom is -0.387 e. The van der Waals surface area contributed by atoms with Crippen LogP contribution < -0.4 is 10.6 Å². The molecular formula is C12H12F2N4O2S. The maximum atomic E-state index is 13.0. The molecule has 1 atom stereocenters. The van der Waals surface area contributed by atoms with Gasteiger partial charge >= 0.3 is 6.03 Å². The van der Waals surface area contributed by atoms with Gasteiger partial charge in [0.1, 0.15) is 5.01 Å². The highest BCUT2D eigenvalue weighted by Gasteiger charge is 2.13. The van der Waals surface area contributed by atoms with Gasteiger partial charge in [-0.2, -0.15) is 0 Å². The molecule has 112 valence electrons. The molecule has 9 heteroatoms. The number of aromatic nitrogens is 2. The van der Waals surface area contributed by atoms with Crippen molar-refractivity contribution in [2.75, 3.05) is 11.9 Å². The van der Waals surface area contributed by atoms with Crippen molar-refractivity contribution in [2.24, 2.45) is 0 Å². The lowest BCUT2D eigenvalue weighted by molar-refractivity contribution is 0.174. The molecule has 2 rings (SSSR count). The zero-order valence-corrected chi connectivity index (χ0v) is 11.7. The first kappa shape index (κ1) is 15.3. The lowest BCUT2D eigenvalue weighted by Gasteiger charge is -2.12. The number of halogens is 2. The molecule has 2 amide bonds. The van der Waals surface area contributed by atoms with Gasteiger partial charge in [-0.05, 0) is 24.6 Å². The van der Waals surface area contributed by atoms with Gasteiger partial charge < -0.3 is 10.4 Å². The number of benzene rings is 1. The Morgan fingerprint density at radius 2 is 2.14 bits per heavy atom. The summed E-state index contributed by atoms with van der Waals surface area (Å²) in [6, 6.07) is 2.47. The molecule has 1 aromatic heterocycles. The Morgan fingerprint density at radius 3 is 2.76 bits per heavy atom. The van der Waals surface area contributed by atoms with E-state index >= 15 is 0 Å². The fourth-order valence-corrected chi connectivity index (χ4v) is 2.10. The van der Waals surface area contributed by atoms with Gasteiger partial charge in [0.15, 0.2) is 11.6 Å². The average molecular weight is 314 g/mol. The van der Waals surface area contributed by atoms with Crippen LogP contribution >= 0.6 is 11.3 Å². The molecule has 0 bridgehead atoms. The summed E-state index contributed by atoms with van der Waals surface area (Å²) in [6.07, 6.45) is -1.15. The first-order valence-electron chi connectivity index (χ1n) is 5.93. The van der Waals surface area contributed by atoms with Crippen LogP contribution in [0.4, 0.5) is 18.7 Å². The summed E-state index contributed by atoms with van der Waals surface area (Å²) < 4.78 is 25.8. The maximum Gasteiger partial charge on any atom is 0.321 e. The van der Waals surface area contributed by atoms with Crippen LogP contribution in [0.5, 0.6) is 0 Å². The Hall–Kier alpha value is -2.13. The number of nitrogens with one attached hydrogen (secondary N) is 2. The molecule has 2 aromatic rings. The highest BCUT2D eigenvalue weighted by atomic mass is 32.1. The lowest BCUT2D eigenvalue weighted by atomic mass is 10.1. The number of urea groups is 1. The molecule has 21 heavy (non-hydrogen) atoms. The Labute approximate surface area is 122 Å². The van der Waals surface area contributed by atoms with E-state index in [0.29, 0.717) is 10.1 Å². The standard InChI is InChI=1S/C12H12F2N4O2S/c1-6-17-18-12(21-6)16-11(20)15-5-10(19)7-2-3-8(13)9(14)4-7/h2-4,10,19H,5H2,1H3,(H2,15,16,18,20)/t10-/m1/s1. The van der Waals surface area contributed by atoms with E-state index in [1.165, 1.54) is 17.4 Å². The molecular weight excluding hydrogens is 302 g/mol. The van der Waals surface area contributed by atoms with Crippen LogP contribution in [0.3, 0.4) is 0 Å². The van der Waals surface area contributed by atoms with Crippen LogP contribution in [0, 0.1) is 18.6 Å². The van der Waals surface area contributed by atoms with Crippen molar-refractivity contribution in [1.29, 1.82) is 0 Å². The molecule has 0 spiro atoms. The highest BCUT2D eigenvalue weighted by Crippen LogP contribution is 2.16. The van der Waals surface area contributed by atoms with Gasteiger partial charge in [-0.25, -0.2) is 13.6 Å². The third-order valence-electron chi connectivity index (χ3n) is 2.53. The number of nitrogens with zero attached hydrogens (tertiary/aromatic N) is 2. The van der Waals surface area contributed by atoms with Crippen molar-refractivity contribution in [1.82, 2.24) is 15.5 Å². The van der Waals surface area contributed by atoms with Crippen LogP contribution in [0.2, 0.25) is 0 Å². The molecule has 0 saturated heterocycles. The van der Waals surface area contributed by atoms with E-state index in [9.17, 15) is 18.7 Å². The van der Waals surface area contributed by atoms with Gasteiger partial charge in [-0.3, -0.25) is 5.32 Å². The number of hydrogen-bond acceptors (Lipinski definition) is 5. The summed E-state index contributed by atoms with van der Waals surface area (Å²) in [5, 5.41) is 23.1. The summed E-state index contributed by atoms with van der Waals surface area (Å²) in [7, 11) is 0. The Morgan fingerprint density at radius 1 is 1.38 bits per heavy atom. The van der Waals surface area contributed by atoms with Gasteiger partial charge in [0, 0.05) is 6.54 Å². The number of hydrogen-bond donors (Lipinski definition) is 3. The first-order chi connectivity index (χ1) is 9.95. The van der Waals surface area contributed by atoms with E-state index in [1.807, 2.05) is 0 Å². The van der Waals surface area contributed by atoms with Gasteiger partial charge in [0.25, 0.3) is 0 Å².